The third-order valence-electron chi connectivity index (χ3n) is 2.76. The third-order valence-corrected chi connectivity index (χ3v) is 3.70. The molecule has 0 aromatic heterocycles. The van der Waals surface area contributed by atoms with Crippen molar-refractivity contribution in [2.75, 3.05) is 24.3 Å². The van der Waals surface area contributed by atoms with E-state index in [4.69, 9.17) is 0 Å². The van der Waals surface area contributed by atoms with Crippen LogP contribution in [0.1, 0.15) is 10.4 Å². The van der Waals surface area contributed by atoms with Crippen molar-refractivity contribution in [2.45, 2.75) is 0 Å². The van der Waals surface area contributed by atoms with Crippen LogP contribution in [0.3, 0.4) is 0 Å². The van der Waals surface area contributed by atoms with Gasteiger partial charge in [-0.3, -0.25) is 4.79 Å². The molecule has 19 heavy (non-hydrogen) atoms. The van der Waals surface area contributed by atoms with Gasteiger partial charge in [0.05, 0.1) is 5.56 Å². The molecule has 0 radical (unpaired) electrons. The van der Waals surface area contributed by atoms with E-state index >= 15 is 0 Å². The normalized spacial score (nSPS) is 10.1. The Balaban J connectivity index is 2.13. The van der Waals surface area contributed by atoms with E-state index < -0.39 is 0 Å². The van der Waals surface area contributed by atoms with Crippen LogP contribution in [0.2, 0.25) is 0 Å². The topological polar surface area (TPSA) is 32.3 Å². The van der Waals surface area contributed by atoms with E-state index in [1.54, 1.807) is 0 Å². The predicted octanol–water partition coefficient (Wildman–Crippen LogP) is 3.61. The van der Waals surface area contributed by atoms with Crippen LogP contribution in [-0.4, -0.2) is 20.0 Å². The molecule has 0 fully saturated rings. The number of hydrogen-bond donors (Lipinski definition) is 1. The Morgan fingerprint density at radius 1 is 1.05 bits per heavy atom. The molecule has 0 aliphatic carbocycles. The molecule has 0 unspecified atom stereocenters. The van der Waals surface area contributed by atoms with Gasteiger partial charge in [-0.1, -0.05) is 12.1 Å². The zero-order valence-electron chi connectivity index (χ0n) is 10.9. The molecule has 0 bridgehead atoms. The number of carbonyl (C=O) groups is 1. The summed E-state index contributed by atoms with van der Waals surface area (Å²) in [4.78, 5) is 14.1. The SMILES string of the molecule is CN(C)c1ccc(NC(=O)c2ccccc2I)cc1. The van der Waals surface area contributed by atoms with E-state index in [9.17, 15) is 4.79 Å². The average molecular weight is 366 g/mol. The first-order valence-corrected chi connectivity index (χ1v) is 6.99. The third kappa shape index (κ3) is 3.47. The molecular weight excluding hydrogens is 351 g/mol. The number of nitrogens with zero attached hydrogens (tertiary/aromatic N) is 1. The quantitative estimate of drug-likeness (QED) is 0.842. The fourth-order valence-corrected chi connectivity index (χ4v) is 2.32. The molecule has 0 saturated carbocycles. The molecule has 4 heteroatoms. The lowest BCUT2D eigenvalue weighted by Gasteiger charge is -2.13. The second kappa shape index (κ2) is 6.06. The lowest BCUT2D eigenvalue weighted by molar-refractivity contribution is 0.102. The number of anilines is 2. The molecule has 2 aromatic rings. The van der Waals surface area contributed by atoms with Crippen LogP contribution >= 0.6 is 22.6 Å². The van der Waals surface area contributed by atoms with Gasteiger partial charge in [-0.2, -0.15) is 0 Å². The van der Waals surface area contributed by atoms with Crippen LogP contribution in [0.5, 0.6) is 0 Å². The van der Waals surface area contributed by atoms with Gasteiger partial charge in [0, 0.05) is 29.0 Å². The Morgan fingerprint density at radius 2 is 1.68 bits per heavy atom. The van der Waals surface area contributed by atoms with E-state index in [0.717, 1.165) is 14.9 Å². The Labute approximate surface area is 126 Å². The highest BCUT2D eigenvalue weighted by Gasteiger charge is 2.09. The fourth-order valence-electron chi connectivity index (χ4n) is 1.69. The number of amides is 1. The Kier molecular flexibility index (Phi) is 4.42. The predicted molar refractivity (Wildman–Crippen MR) is 87.9 cm³/mol. The smallest absolute Gasteiger partial charge is 0.256 e. The Bertz CT molecular complexity index is 579. The molecule has 0 heterocycles. The molecule has 1 amide bonds. The standard InChI is InChI=1S/C15H15IN2O/c1-18(2)12-9-7-11(8-10-12)17-15(19)13-5-3-4-6-14(13)16/h3-10H,1-2H3,(H,17,19). The lowest BCUT2D eigenvalue weighted by atomic mass is 10.2. The first-order valence-electron chi connectivity index (χ1n) is 5.91. The van der Waals surface area contributed by atoms with Gasteiger partial charge in [-0.25, -0.2) is 0 Å². The number of halogens is 1. The Hall–Kier alpha value is -1.56. The van der Waals surface area contributed by atoms with E-state index in [-0.39, 0.29) is 5.91 Å². The maximum absolute atomic E-state index is 12.1. The van der Waals surface area contributed by atoms with Crippen LogP contribution in [0.25, 0.3) is 0 Å². The van der Waals surface area contributed by atoms with Crippen molar-refractivity contribution in [3.63, 3.8) is 0 Å². The number of carbonyl (C=O) groups excluding carboxylic acids is 1. The highest BCUT2D eigenvalue weighted by atomic mass is 127. The lowest BCUT2D eigenvalue weighted by Crippen LogP contribution is -2.13. The minimum absolute atomic E-state index is 0.0809. The highest BCUT2D eigenvalue weighted by molar-refractivity contribution is 14.1. The van der Waals surface area contributed by atoms with Gasteiger partial charge < -0.3 is 10.2 Å². The van der Waals surface area contributed by atoms with Crippen LogP contribution in [0, 0.1) is 3.57 Å². The second-order valence-corrected chi connectivity index (χ2v) is 5.54. The minimum Gasteiger partial charge on any atom is -0.378 e. The number of benzene rings is 2. The van der Waals surface area contributed by atoms with Gasteiger partial charge in [0.1, 0.15) is 0 Å². The van der Waals surface area contributed by atoms with Crippen LogP contribution in [0.15, 0.2) is 48.5 Å². The van der Waals surface area contributed by atoms with Crippen molar-refractivity contribution in [2.24, 2.45) is 0 Å². The van der Waals surface area contributed by atoms with E-state index in [1.165, 1.54) is 0 Å². The van der Waals surface area contributed by atoms with Crippen molar-refractivity contribution in [1.82, 2.24) is 0 Å². The molecule has 2 aromatic carbocycles. The summed E-state index contributed by atoms with van der Waals surface area (Å²) in [6.07, 6.45) is 0. The van der Waals surface area contributed by atoms with Crippen LogP contribution in [0.4, 0.5) is 11.4 Å². The number of rotatable bonds is 3. The van der Waals surface area contributed by atoms with Crippen molar-refractivity contribution in [3.8, 4) is 0 Å². The van der Waals surface area contributed by atoms with Crippen molar-refractivity contribution >= 4 is 39.9 Å². The van der Waals surface area contributed by atoms with Gasteiger partial charge in [0.25, 0.3) is 5.91 Å². The summed E-state index contributed by atoms with van der Waals surface area (Å²) in [6.45, 7) is 0. The highest BCUT2D eigenvalue weighted by Crippen LogP contribution is 2.18. The molecule has 0 saturated heterocycles. The minimum atomic E-state index is -0.0809. The molecular formula is C15H15IN2O. The van der Waals surface area contributed by atoms with Crippen molar-refractivity contribution in [3.05, 3.63) is 57.7 Å². The van der Waals surface area contributed by atoms with Gasteiger partial charge in [-0.05, 0) is 59.0 Å². The van der Waals surface area contributed by atoms with Gasteiger partial charge in [0.15, 0.2) is 0 Å². The summed E-state index contributed by atoms with van der Waals surface area (Å²) in [5.74, 6) is -0.0809. The van der Waals surface area contributed by atoms with E-state index in [1.807, 2.05) is 67.5 Å². The van der Waals surface area contributed by atoms with Crippen LogP contribution in [-0.2, 0) is 0 Å². The largest absolute Gasteiger partial charge is 0.378 e. The second-order valence-electron chi connectivity index (χ2n) is 4.38. The monoisotopic (exact) mass is 366 g/mol. The number of hydrogen-bond acceptors (Lipinski definition) is 2. The summed E-state index contributed by atoms with van der Waals surface area (Å²) < 4.78 is 0.947. The summed E-state index contributed by atoms with van der Waals surface area (Å²) >= 11 is 2.16. The van der Waals surface area contributed by atoms with Gasteiger partial charge in [-0.15, -0.1) is 0 Å². The molecule has 3 nitrogen and oxygen atoms in total. The molecule has 0 atom stereocenters. The summed E-state index contributed by atoms with van der Waals surface area (Å²) in [6, 6.07) is 15.3. The van der Waals surface area contributed by atoms with E-state index in [2.05, 4.69) is 27.9 Å². The summed E-state index contributed by atoms with van der Waals surface area (Å²) in [7, 11) is 3.97. The first-order chi connectivity index (χ1) is 9.08. The van der Waals surface area contributed by atoms with Gasteiger partial charge >= 0.3 is 0 Å². The maximum atomic E-state index is 12.1. The summed E-state index contributed by atoms with van der Waals surface area (Å²) in [5, 5.41) is 2.90. The number of nitrogens with one attached hydrogen (secondary N) is 1. The molecule has 0 aliphatic rings. The first kappa shape index (κ1) is 13.9. The van der Waals surface area contributed by atoms with Crippen molar-refractivity contribution < 1.29 is 4.79 Å². The molecule has 0 spiro atoms. The maximum Gasteiger partial charge on any atom is 0.256 e. The molecule has 1 N–H and O–H groups in total. The zero-order chi connectivity index (χ0) is 13.8. The molecule has 98 valence electrons. The fraction of sp³-hybridized carbons (Fsp3) is 0.133. The average Bonchev–Trinajstić information content (AvgIpc) is 2.39. The van der Waals surface area contributed by atoms with Crippen molar-refractivity contribution in [1.29, 1.82) is 0 Å². The zero-order valence-corrected chi connectivity index (χ0v) is 13.0. The van der Waals surface area contributed by atoms with E-state index in [0.29, 0.717) is 5.56 Å². The van der Waals surface area contributed by atoms with Gasteiger partial charge in [0.2, 0.25) is 0 Å². The van der Waals surface area contributed by atoms with Crippen LogP contribution < -0.4 is 10.2 Å². The molecule has 2 rings (SSSR count). The molecule has 0 aliphatic heterocycles. The summed E-state index contributed by atoms with van der Waals surface area (Å²) in [5.41, 5.74) is 2.60. The Morgan fingerprint density at radius 3 is 2.26 bits per heavy atom.